The molecule has 0 aromatic carbocycles. The maximum Gasteiger partial charge on any atom is 0.114 e. The van der Waals surface area contributed by atoms with Crippen molar-refractivity contribution in [1.29, 1.82) is 0 Å². The van der Waals surface area contributed by atoms with Crippen LogP contribution in [0.3, 0.4) is 0 Å². The molecule has 4 nitrogen and oxygen atoms in total. The van der Waals surface area contributed by atoms with E-state index in [4.69, 9.17) is 5.73 Å². The Morgan fingerprint density at radius 3 is 3.16 bits per heavy atom. The van der Waals surface area contributed by atoms with Crippen molar-refractivity contribution in [2.24, 2.45) is 5.73 Å². The highest BCUT2D eigenvalue weighted by molar-refractivity contribution is 5.54. The van der Waals surface area contributed by atoms with Crippen molar-refractivity contribution >= 4 is 5.52 Å². The molecule has 1 aliphatic rings. The zero-order valence-corrected chi connectivity index (χ0v) is 11.5. The van der Waals surface area contributed by atoms with Gasteiger partial charge in [-0.1, -0.05) is 13.0 Å². The lowest BCUT2D eigenvalue weighted by atomic mass is 10.1. The second-order valence-electron chi connectivity index (χ2n) is 5.30. The average Bonchev–Trinajstić information content (AvgIpc) is 3.06. The van der Waals surface area contributed by atoms with Crippen molar-refractivity contribution < 1.29 is 0 Å². The topological polar surface area (TPSA) is 46.6 Å². The number of aromatic nitrogens is 2. The number of likely N-dealkylation sites (N-methyl/N-ethyl adjacent to an activating group) is 1. The zero-order valence-electron chi connectivity index (χ0n) is 11.5. The highest BCUT2D eigenvalue weighted by atomic mass is 15.2. The average molecular weight is 258 g/mol. The van der Waals surface area contributed by atoms with E-state index in [1.165, 1.54) is 24.9 Å². The van der Waals surface area contributed by atoms with Gasteiger partial charge in [0.1, 0.15) is 5.82 Å². The Morgan fingerprint density at radius 2 is 2.37 bits per heavy atom. The molecule has 0 bridgehead atoms. The summed E-state index contributed by atoms with van der Waals surface area (Å²) >= 11 is 0. The van der Waals surface area contributed by atoms with Gasteiger partial charge in [-0.2, -0.15) is 0 Å². The summed E-state index contributed by atoms with van der Waals surface area (Å²) in [7, 11) is 0. The summed E-state index contributed by atoms with van der Waals surface area (Å²) in [4.78, 5) is 7.18. The Kier molecular flexibility index (Phi) is 3.53. The molecule has 1 atom stereocenters. The first-order chi connectivity index (χ1) is 9.33. The minimum absolute atomic E-state index is 0.569. The molecule has 0 radical (unpaired) electrons. The Morgan fingerprint density at radius 1 is 1.47 bits per heavy atom. The number of imidazole rings is 1. The first kappa shape index (κ1) is 12.6. The third-order valence-electron chi connectivity index (χ3n) is 4.28. The number of fused-ring (bicyclic) bond motifs is 1. The van der Waals surface area contributed by atoms with Crippen LogP contribution in [0.1, 0.15) is 31.2 Å². The van der Waals surface area contributed by atoms with Crippen LogP contribution in [0.15, 0.2) is 24.5 Å². The fourth-order valence-electron chi connectivity index (χ4n) is 3.21. The number of hydrogen-bond acceptors (Lipinski definition) is 3. The minimum Gasteiger partial charge on any atom is -0.326 e. The second kappa shape index (κ2) is 5.31. The second-order valence-corrected chi connectivity index (χ2v) is 5.30. The van der Waals surface area contributed by atoms with E-state index in [0.717, 1.165) is 24.3 Å². The molecular formula is C15H22N4. The van der Waals surface area contributed by atoms with Gasteiger partial charge >= 0.3 is 0 Å². The molecule has 2 aromatic rings. The first-order valence-corrected chi connectivity index (χ1v) is 7.21. The molecule has 1 unspecified atom stereocenters. The maximum absolute atomic E-state index is 5.78. The largest absolute Gasteiger partial charge is 0.326 e. The van der Waals surface area contributed by atoms with Gasteiger partial charge in [0.25, 0.3) is 0 Å². The maximum atomic E-state index is 5.78. The van der Waals surface area contributed by atoms with E-state index < -0.39 is 0 Å². The molecule has 1 aliphatic heterocycles. The third kappa shape index (κ3) is 2.26. The molecule has 1 fully saturated rings. The van der Waals surface area contributed by atoms with E-state index >= 15 is 0 Å². The van der Waals surface area contributed by atoms with Crippen LogP contribution in [0.5, 0.6) is 0 Å². The van der Waals surface area contributed by atoms with Gasteiger partial charge in [0.15, 0.2) is 0 Å². The summed E-state index contributed by atoms with van der Waals surface area (Å²) in [6.07, 6.45) is 7.70. The predicted octanol–water partition coefficient (Wildman–Crippen LogP) is 1.82. The van der Waals surface area contributed by atoms with Crippen LogP contribution in [0.4, 0.5) is 0 Å². The molecule has 0 saturated carbocycles. The van der Waals surface area contributed by atoms with Crippen LogP contribution in [-0.2, 0) is 13.0 Å². The highest BCUT2D eigenvalue weighted by Crippen LogP contribution is 2.21. The van der Waals surface area contributed by atoms with E-state index in [0.29, 0.717) is 12.6 Å². The molecule has 19 heavy (non-hydrogen) atoms. The van der Waals surface area contributed by atoms with Crippen molar-refractivity contribution in [3.63, 3.8) is 0 Å². The van der Waals surface area contributed by atoms with Gasteiger partial charge in [0, 0.05) is 25.2 Å². The van der Waals surface area contributed by atoms with Crippen LogP contribution in [0.2, 0.25) is 0 Å². The SMILES string of the molecule is CCN1CCCC1Cc1ncc2c(CN)cccn12. The van der Waals surface area contributed by atoms with Crippen LogP contribution in [0, 0.1) is 0 Å². The molecular weight excluding hydrogens is 236 g/mol. The van der Waals surface area contributed by atoms with Crippen molar-refractivity contribution in [1.82, 2.24) is 14.3 Å². The summed E-state index contributed by atoms with van der Waals surface area (Å²) in [5.41, 5.74) is 8.10. The van der Waals surface area contributed by atoms with Crippen molar-refractivity contribution in [2.75, 3.05) is 13.1 Å². The Labute approximate surface area is 114 Å². The lowest BCUT2D eigenvalue weighted by molar-refractivity contribution is 0.263. The molecule has 0 amide bonds. The number of hydrogen-bond donors (Lipinski definition) is 1. The van der Waals surface area contributed by atoms with Gasteiger partial charge in [0.05, 0.1) is 11.7 Å². The van der Waals surface area contributed by atoms with E-state index in [2.05, 4.69) is 39.5 Å². The molecule has 3 heterocycles. The van der Waals surface area contributed by atoms with Crippen LogP contribution < -0.4 is 5.73 Å². The van der Waals surface area contributed by atoms with Crippen molar-refractivity contribution in [2.45, 2.75) is 38.8 Å². The lowest BCUT2D eigenvalue weighted by Gasteiger charge is -2.22. The zero-order chi connectivity index (χ0) is 13.2. The molecule has 2 N–H and O–H groups in total. The number of nitrogens with two attached hydrogens (primary N) is 1. The molecule has 102 valence electrons. The van der Waals surface area contributed by atoms with Crippen LogP contribution in [-0.4, -0.2) is 33.4 Å². The quantitative estimate of drug-likeness (QED) is 0.910. The fraction of sp³-hybridized carbons (Fsp3) is 0.533. The van der Waals surface area contributed by atoms with E-state index in [1.807, 2.05) is 6.20 Å². The van der Waals surface area contributed by atoms with Crippen molar-refractivity contribution in [3.05, 3.63) is 35.9 Å². The van der Waals surface area contributed by atoms with Gasteiger partial charge < -0.3 is 15.0 Å². The van der Waals surface area contributed by atoms with Gasteiger partial charge in [-0.25, -0.2) is 4.98 Å². The summed E-state index contributed by atoms with van der Waals surface area (Å²) in [6.45, 7) is 5.19. The summed E-state index contributed by atoms with van der Waals surface area (Å²) in [6, 6.07) is 4.79. The Hall–Kier alpha value is -1.39. The molecule has 0 spiro atoms. The summed E-state index contributed by atoms with van der Waals surface area (Å²) < 4.78 is 2.20. The lowest BCUT2D eigenvalue weighted by Crippen LogP contribution is -2.31. The fourth-order valence-corrected chi connectivity index (χ4v) is 3.21. The molecule has 1 saturated heterocycles. The van der Waals surface area contributed by atoms with E-state index in [9.17, 15) is 0 Å². The van der Waals surface area contributed by atoms with E-state index in [-0.39, 0.29) is 0 Å². The minimum atomic E-state index is 0.569. The number of rotatable bonds is 4. The van der Waals surface area contributed by atoms with E-state index in [1.54, 1.807) is 0 Å². The molecule has 3 rings (SSSR count). The monoisotopic (exact) mass is 258 g/mol. The van der Waals surface area contributed by atoms with Gasteiger partial charge in [-0.05, 0) is 37.6 Å². The summed E-state index contributed by atoms with van der Waals surface area (Å²) in [5, 5.41) is 0. The highest BCUT2D eigenvalue weighted by Gasteiger charge is 2.24. The van der Waals surface area contributed by atoms with Crippen LogP contribution >= 0.6 is 0 Å². The predicted molar refractivity (Wildman–Crippen MR) is 77.1 cm³/mol. The standard InChI is InChI=1S/C15H22N4/c1-2-18-7-4-6-13(18)9-15-17-11-14-12(10-16)5-3-8-19(14)15/h3,5,8,11,13H,2,4,6-7,9-10,16H2,1H3. The van der Waals surface area contributed by atoms with Crippen LogP contribution in [0.25, 0.3) is 5.52 Å². The number of likely N-dealkylation sites (tertiary alicyclic amines) is 1. The van der Waals surface area contributed by atoms with Gasteiger partial charge in [-0.3, -0.25) is 0 Å². The molecule has 0 aliphatic carbocycles. The van der Waals surface area contributed by atoms with Crippen molar-refractivity contribution in [3.8, 4) is 0 Å². The Balaban J connectivity index is 1.89. The molecule has 4 heteroatoms. The number of pyridine rings is 1. The Bertz CT molecular complexity index is 560. The smallest absolute Gasteiger partial charge is 0.114 e. The third-order valence-corrected chi connectivity index (χ3v) is 4.28. The summed E-state index contributed by atoms with van der Waals surface area (Å²) in [5.74, 6) is 1.16. The van der Waals surface area contributed by atoms with Gasteiger partial charge in [-0.15, -0.1) is 0 Å². The van der Waals surface area contributed by atoms with Gasteiger partial charge in [0.2, 0.25) is 0 Å². The first-order valence-electron chi connectivity index (χ1n) is 7.21. The normalized spacial score (nSPS) is 20.4. The molecule has 2 aromatic heterocycles. The number of nitrogens with zero attached hydrogens (tertiary/aromatic N) is 3.